The monoisotopic (exact) mass is 675 g/mol. The molecule has 0 aromatic heterocycles. The van der Waals surface area contributed by atoms with Gasteiger partial charge in [-0.3, -0.25) is 0 Å². The first-order chi connectivity index (χ1) is 26.3. The van der Waals surface area contributed by atoms with Gasteiger partial charge in [0.1, 0.15) is 11.5 Å². The van der Waals surface area contributed by atoms with Crippen LogP contribution in [0.1, 0.15) is 0 Å². The van der Waals surface area contributed by atoms with E-state index >= 15 is 0 Å². The molecule has 53 heavy (non-hydrogen) atoms. The van der Waals surface area contributed by atoms with Crippen LogP contribution in [0.15, 0.2) is 206 Å². The van der Waals surface area contributed by atoms with E-state index in [1.54, 1.807) is 0 Å². The van der Waals surface area contributed by atoms with Crippen LogP contribution < -0.4 is 26.0 Å². The van der Waals surface area contributed by atoms with Gasteiger partial charge in [0, 0.05) is 34.1 Å². The summed E-state index contributed by atoms with van der Waals surface area (Å²) in [7, 11) is 0. The third-order valence-corrected chi connectivity index (χ3v) is 10.6. The molecule has 0 bridgehead atoms. The normalized spacial score (nSPS) is 11.5. The zero-order chi connectivity index (χ0) is 35.1. The van der Waals surface area contributed by atoms with Crippen molar-refractivity contribution in [3.8, 4) is 33.8 Å². The van der Waals surface area contributed by atoms with Crippen molar-refractivity contribution in [1.29, 1.82) is 0 Å². The fourth-order valence-corrected chi connectivity index (χ4v) is 8.26. The van der Waals surface area contributed by atoms with Gasteiger partial charge in [-0.05, 0) is 75.3 Å². The highest BCUT2D eigenvalue weighted by atomic mass is 16.5. The summed E-state index contributed by atoms with van der Waals surface area (Å²) in [5.41, 5.74) is 11.8. The average molecular weight is 676 g/mol. The molecule has 1 aliphatic rings. The Balaban J connectivity index is 1.11. The summed E-state index contributed by atoms with van der Waals surface area (Å²) in [6.45, 7) is 0.113. The lowest BCUT2D eigenvalue weighted by molar-refractivity contribution is 0.487. The molecule has 248 valence electrons. The Bertz CT molecular complexity index is 2670. The quantitative estimate of drug-likeness (QED) is 0.156. The van der Waals surface area contributed by atoms with E-state index in [-0.39, 0.29) is 6.71 Å². The summed E-state index contributed by atoms with van der Waals surface area (Å²) in [4.78, 5) is 2.28. The van der Waals surface area contributed by atoms with Gasteiger partial charge in [-0.1, -0.05) is 174 Å². The number of rotatable bonds is 7. The van der Waals surface area contributed by atoms with E-state index in [9.17, 15) is 0 Å². The first-order valence-electron chi connectivity index (χ1n) is 18.2. The third-order valence-electron chi connectivity index (χ3n) is 10.6. The molecule has 0 amide bonds. The lowest BCUT2D eigenvalue weighted by Crippen LogP contribution is -2.52. The second kappa shape index (κ2) is 13.0. The molecule has 10 rings (SSSR count). The average Bonchev–Trinajstić information content (AvgIpc) is 3.23. The summed E-state index contributed by atoms with van der Waals surface area (Å²) >= 11 is 0. The molecule has 1 aliphatic heterocycles. The molecule has 9 aromatic rings. The maximum atomic E-state index is 6.81. The van der Waals surface area contributed by atoms with Crippen molar-refractivity contribution in [2.24, 2.45) is 0 Å². The molecule has 0 fully saturated rings. The number of anilines is 3. The van der Waals surface area contributed by atoms with E-state index in [1.807, 2.05) is 0 Å². The van der Waals surface area contributed by atoms with Crippen LogP contribution in [0.2, 0.25) is 0 Å². The second-order valence-electron chi connectivity index (χ2n) is 13.6. The summed E-state index contributed by atoms with van der Waals surface area (Å²) < 4.78 is 6.81. The lowest BCUT2D eigenvalue weighted by Gasteiger charge is -2.28. The van der Waals surface area contributed by atoms with Crippen molar-refractivity contribution in [1.82, 2.24) is 0 Å². The second-order valence-corrected chi connectivity index (χ2v) is 13.6. The Morgan fingerprint density at radius 2 is 0.868 bits per heavy atom. The predicted molar refractivity (Wildman–Crippen MR) is 225 cm³/mol. The van der Waals surface area contributed by atoms with Gasteiger partial charge in [-0.25, -0.2) is 0 Å². The molecule has 1 heterocycles. The summed E-state index contributed by atoms with van der Waals surface area (Å²) in [5, 5.41) is 4.84. The smallest absolute Gasteiger partial charge is 0.241 e. The number of benzene rings is 9. The Morgan fingerprint density at radius 3 is 1.55 bits per heavy atom. The van der Waals surface area contributed by atoms with Crippen LogP contribution in [-0.4, -0.2) is 6.71 Å². The zero-order valence-electron chi connectivity index (χ0n) is 29.1. The topological polar surface area (TPSA) is 12.5 Å². The standard InChI is InChI=1S/C50H34BNO/c1-5-16-35(17-6-1)51(36-18-7-2-8-19-36)47-28-14-25-41-40(24-13-26-43(41)47)42-32-33-46-44-31-30-39(34-49(44)53-48-29-15-27-45(42)50(46)48)52(37-20-9-3-10-21-37)38-22-11-4-12-23-38/h1-34H. The molecular weight excluding hydrogens is 641 g/mol. The molecule has 0 aliphatic carbocycles. The van der Waals surface area contributed by atoms with Gasteiger partial charge in [-0.15, -0.1) is 0 Å². The zero-order valence-corrected chi connectivity index (χ0v) is 29.1. The highest BCUT2D eigenvalue weighted by molar-refractivity contribution is 6.96. The number of nitrogens with zero attached hydrogens (tertiary/aromatic N) is 1. The van der Waals surface area contributed by atoms with Crippen LogP contribution in [0.25, 0.3) is 43.8 Å². The van der Waals surface area contributed by atoms with Gasteiger partial charge in [0.2, 0.25) is 6.71 Å². The molecule has 2 nitrogen and oxygen atoms in total. The Morgan fingerprint density at radius 1 is 0.340 bits per heavy atom. The minimum atomic E-state index is 0.113. The number of hydrogen-bond donors (Lipinski definition) is 0. The van der Waals surface area contributed by atoms with E-state index < -0.39 is 0 Å². The molecular formula is C50H34BNO. The van der Waals surface area contributed by atoms with Crippen LogP contribution in [0.4, 0.5) is 17.1 Å². The summed E-state index contributed by atoms with van der Waals surface area (Å²) in [6.07, 6.45) is 0. The number of hydrogen-bond acceptors (Lipinski definition) is 2. The van der Waals surface area contributed by atoms with E-state index in [1.165, 1.54) is 49.2 Å². The summed E-state index contributed by atoms with van der Waals surface area (Å²) in [6, 6.07) is 73.9. The van der Waals surface area contributed by atoms with Gasteiger partial charge < -0.3 is 9.64 Å². The Labute approximate surface area is 310 Å². The first-order valence-corrected chi connectivity index (χ1v) is 18.2. The van der Waals surface area contributed by atoms with Crippen molar-refractivity contribution < 1.29 is 4.74 Å². The van der Waals surface area contributed by atoms with Gasteiger partial charge in [0.25, 0.3) is 0 Å². The highest BCUT2D eigenvalue weighted by Crippen LogP contribution is 2.50. The van der Waals surface area contributed by atoms with Crippen LogP contribution in [0.3, 0.4) is 0 Å². The van der Waals surface area contributed by atoms with E-state index in [2.05, 4.69) is 211 Å². The first kappa shape index (κ1) is 30.9. The molecule has 0 saturated heterocycles. The van der Waals surface area contributed by atoms with Gasteiger partial charge in [0.05, 0.1) is 0 Å². The van der Waals surface area contributed by atoms with E-state index in [4.69, 9.17) is 4.74 Å². The third kappa shape index (κ3) is 5.37. The molecule has 0 radical (unpaired) electrons. The maximum Gasteiger partial charge on any atom is 0.241 e. The molecule has 0 unspecified atom stereocenters. The van der Waals surface area contributed by atoms with Crippen LogP contribution in [-0.2, 0) is 0 Å². The molecule has 0 spiro atoms. The largest absolute Gasteiger partial charge is 0.456 e. The maximum absolute atomic E-state index is 6.81. The van der Waals surface area contributed by atoms with Crippen molar-refractivity contribution in [2.75, 3.05) is 4.90 Å². The molecule has 9 aromatic carbocycles. The fourth-order valence-electron chi connectivity index (χ4n) is 8.26. The van der Waals surface area contributed by atoms with Crippen molar-refractivity contribution in [3.63, 3.8) is 0 Å². The van der Waals surface area contributed by atoms with Gasteiger partial charge in [-0.2, -0.15) is 0 Å². The molecule has 3 heteroatoms. The molecule has 0 atom stereocenters. The van der Waals surface area contributed by atoms with Crippen LogP contribution in [0.5, 0.6) is 11.5 Å². The van der Waals surface area contributed by atoms with Crippen molar-refractivity contribution in [2.45, 2.75) is 0 Å². The van der Waals surface area contributed by atoms with Gasteiger partial charge >= 0.3 is 0 Å². The number of ether oxygens (including phenoxy) is 1. The Hall–Kier alpha value is -6.84. The molecule has 0 saturated carbocycles. The SMILES string of the molecule is c1ccc(B(c2ccccc2)c2cccc3c(-c4ccc5c6c(cccc46)Oc4cc(N(c6ccccc6)c6ccccc6)ccc4-5)cccc23)cc1. The van der Waals surface area contributed by atoms with E-state index in [0.29, 0.717) is 0 Å². The minimum Gasteiger partial charge on any atom is -0.456 e. The van der Waals surface area contributed by atoms with E-state index in [0.717, 1.165) is 39.5 Å². The lowest BCUT2D eigenvalue weighted by atomic mass is 9.36. The minimum absolute atomic E-state index is 0.113. The van der Waals surface area contributed by atoms with Crippen LogP contribution >= 0.6 is 0 Å². The Kier molecular flexibility index (Phi) is 7.62. The summed E-state index contributed by atoms with van der Waals surface area (Å²) in [5.74, 6) is 1.74. The number of fused-ring (bicyclic) bond motifs is 3. The van der Waals surface area contributed by atoms with Crippen LogP contribution in [0, 0.1) is 0 Å². The van der Waals surface area contributed by atoms with Crippen molar-refractivity contribution >= 4 is 61.7 Å². The van der Waals surface area contributed by atoms with Crippen molar-refractivity contribution in [3.05, 3.63) is 206 Å². The molecule has 0 N–H and O–H groups in total. The highest BCUT2D eigenvalue weighted by Gasteiger charge is 2.26. The van der Waals surface area contributed by atoms with Gasteiger partial charge in [0.15, 0.2) is 0 Å². The number of para-hydroxylation sites is 2. The fraction of sp³-hybridized carbons (Fsp3) is 0. The predicted octanol–water partition coefficient (Wildman–Crippen LogP) is 11.4.